The Morgan fingerprint density at radius 3 is 2.57 bits per heavy atom. The summed E-state index contributed by atoms with van der Waals surface area (Å²) in [6.45, 7) is -0.0473. The predicted molar refractivity (Wildman–Crippen MR) is 83.3 cm³/mol. The van der Waals surface area contributed by atoms with Crippen LogP contribution in [0.4, 0.5) is 19.3 Å². The summed E-state index contributed by atoms with van der Waals surface area (Å²) in [5, 5.41) is 2.95. The summed E-state index contributed by atoms with van der Waals surface area (Å²) in [7, 11) is 0. The molecule has 1 amide bonds. The zero-order valence-electron chi connectivity index (χ0n) is 11.6. The molecule has 2 aromatic rings. The van der Waals surface area contributed by atoms with Crippen molar-refractivity contribution in [3.05, 3.63) is 58.1 Å². The molecule has 0 unspecified atom stereocenters. The minimum absolute atomic E-state index is 0.0423. The van der Waals surface area contributed by atoms with Crippen LogP contribution in [0.1, 0.15) is 0 Å². The minimum atomic E-state index is -0.897. The molecule has 0 saturated heterocycles. The van der Waals surface area contributed by atoms with Gasteiger partial charge in [-0.2, -0.15) is 0 Å². The SMILES string of the molecule is O=C(Nc1ccc(F)cc1F)OCCOc1ccc(Cl)cc1Cl. The molecule has 0 heterocycles. The van der Waals surface area contributed by atoms with Crippen LogP contribution < -0.4 is 10.1 Å². The number of halogens is 4. The van der Waals surface area contributed by atoms with Crippen LogP contribution in [0, 0.1) is 11.6 Å². The fourth-order valence-electron chi connectivity index (χ4n) is 1.62. The summed E-state index contributed by atoms with van der Waals surface area (Å²) < 4.78 is 36.2. The molecule has 2 rings (SSSR count). The average molecular weight is 362 g/mol. The Labute approximate surface area is 140 Å². The van der Waals surface area contributed by atoms with Gasteiger partial charge in [-0.1, -0.05) is 23.2 Å². The van der Waals surface area contributed by atoms with Gasteiger partial charge in [0.1, 0.15) is 30.6 Å². The normalized spacial score (nSPS) is 10.3. The molecule has 0 saturated carbocycles. The van der Waals surface area contributed by atoms with Gasteiger partial charge in [-0.3, -0.25) is 5.32 Å². The number of carbonyl (C=O) groups excluding carboxylic acids is 1. The van der Waals surface area contributed by atoms with E-state index in [9.17, 15) is 13.6 Å². The van der Waals surface area contributed by atoms with Crippen LogP contribution in [-0.2, 0) is 4.74 Å². The molecular formula is C15H11Cl2F2NO3. The number of carbonyl (C=O) groups is 1. The van der Waals surface area contributed by atoms with Crippen LogP contribution in [0.5, 0.6) is 5.75 Å². The maximum absolute atomic E-state index is 13.3. The van der Waals surface area contributed by atoms with E-state index in [1.807, 2.05) is 0 Å². The van der Waals surface area contributed by atoms with E-state index in [0.29, 0.717) is 21.9 Å². The van der Waals surface area contributed by atoms with Crippen LogP contribution >= 0.6 is 23.2 Å². The third-order valence-corrected chi connectivity index (χ3v) is 3.17. The summed E-state index contributed by atoms with van der Waals surface area (Å²) in [6.07, 6.45) is -0.888. The Balaban J connectivity index is 1.76. The highest BCUT2D eigenvalue weighted by molar-refractivity contribution is 6.35. The van der Waals surface area contributed by atoms with Crippen molar-refractivity contribution < 1.29 is 23.0 Å². The van der Waals surface area contributed by atoms with Crippen molar-refractivity contribution in [2.45, 2.75) is 0 Å². The molecule has 0 atom stereocenters. The minimum Gasteiger partial charge on any atom is -0.488 e. The number of benzene rings is 2. The molecular weight excluding hydrogens is 351 g/mol. The standard InChI is InChI=1S/C15H11Cl2F2NO3/c16-9-1-4-14(11(17)7-9)22-5-6-23-15(21)20-13-3-2-10(18)8-12(13)19/h1-4,7-8H,5-6H2,(H,20,21). The molecule has 23 heavy (non-hydrogen) atoms. The maximum Gasteiger partial charge on any atom is 0.411 e. The number of ether oxygens (including phenoxy) is 2. The lowest BCUT2D eigenvalue weighted by molar-refractivity contribution is 0.137. The summed E-state index contributed by atoms with van der Waals surface area (Å²) in [4.78, 5) is 11.5. The third-order valence-electron chi connectivity index (χ3n) is 2.64. The monoisotopic (exact) mass is 361 g/mol. The first-order valence-electron chi connectivity index (χ1n) is 6.42. The summed E-state index contributed by atoms with van der Waals surface area (Å²) >= 11 is 11.7. The smallest absolute Gasteiger partial charge is 0.411 e. The van der Waals surface area contributed by atoms with Gasteiger partial charge in [-0.05, 0) is 30.3 Å². The molecule has 0 aliphatic carbocycles. The molecule has 8 heteroatoms. The van der Waals surface area contributed by atoms with E-state index < -0.39 is 17.7 Å². The largest absolute Gasteiger partial charge is 0.488 e. The Kier molecular flexibility index (Phi) is 6.01. The van der Waals surface area contributed by atoms with Crippen LogP contribution in [0.3, 0.4) is 0 Å². The number of hydrogen-bond donors (Lipinski definition) is 1. The molecule has 4 nitrogen and oxygen atoms in total. The van der Waals surface area contributed by atoms with E-state index >= 15 is 0 Å². The van der Waals surface area contributed by atoms with Gasteiger partial charge in [-0.15, -0.1) is 0 Å². The van der Waals surface area contributed by atoms with Crippen molar-refractivity contribution >= 4 is 35.0 Å². The van der Waals surface area contributed by atoms with Gasteiger partial charge in [-0.25, -0.2) is 13.6 Å². The Hall–Kier alpha value is -2.05. The maximum atomic E-state index is 13.3. The van der Waals surface area contributed by atoms with Crippen molar-refractivity contribution in [3.8, 4) is 5.75 Å². The molecule has 0 aromatic heterocycles. The second-order valence-corrected chi connectivity index (χ2v) is 5.15. The number of hydrogen-bond acceptors (Lipinski definition) is 3. The van der Waals surface area contributed by atoms with Gasteiger partial charge in [0, 0.05) is 11.1 Å². The highest BCUT2D eigenvalue weighted by atomic mass is 35.5. The van der Waals surface area contributed by atoms with E-state index in [1.54, 1.807) is 12.1 Å². The first-order chi connectivity index (χ1) is 11.0. The summed E-state index contributed by atoms with van der Waals surface area (Å²) in [5.74, 6) is -1.24. The molecule has 0 aliphatic heterocycles. The van der Waals surface area contributed by atoms with Gasteiger partial charge in [0.25, 0.3) is 0 Å². The van der Waals surface area contributed by atoms with Gasteiger partial charge in [0.2, 0.25) is 0 Å². The van der Waals surface area contributed by atoms with Crippen LogP contribution in [0.2, 0.25) is 10.0 Å². The lowest BCUT2D eigenvalue weighted by Gasteiger charge is -2.10. The van der Waals surface area contributed by atoms with Crippen molar-refractivity contribution in [2.24, 2.45) is 0 Å². The lowest BCUT2D eigenvalue weighted by Crippen LogP contribution is -2.18. The number of nitrogens with one attached hydrogen (secondary N) is 1. The molecule has 0 radical (unpaired) electrons. The Morgan fingerprint density at radius 2 is 1.87 bits per heavy atom. The lowest BCUT2D eigenvalue weighted by atomic mass is 10.3. The fraction of sp³-hybridized carbons (Fsp3) is 0.133. The van der Waals surface area contributed by atoms with Crippen LogP contribution in [-0.4, -0.2) is 19.3 Å². The number of amides is 1. The van der Waals surface area contributed by atoms with E-state index in [-0.39, 0.29) is 18.9 Å². The topological polar surface area (TPSA) is 47.6 Å². The highest BCUT2D eigenvalue weighted by Gasteiger charge is 2.09. The van der Waals surface area contributed by atoms with Crippen molar-refractivity contribution in [3.63, 3.8) is 0 Å². The highest BCUT2D eigenvalue weighted by Crippen LogP contribution is 2.27. The number of anilines is 1. The molecule has 122 valence electrons. The molecule has 0 spiro atoms. The van der Waals surface area contributed by atoms with E-state index in [4.69, 9.17) is 32.7 Å². The van der Waals surface area contributed by atoms with E-state index in [2.05, 4.69) is 5.32 Å². The second-order valence-electron chi connectivity index (χ2n) is 4.31. The quantitative estimate of drug-likeness (QED) is 0.770. The zero-order valence-corrected chi connectivity index (χ0v) is 13.1. The van der Waals surface area contributed by atoms with Crippen molar-refractivity contribution in [1.29, 1.82) is 0 Å². The molecule has 1 N–H and O–H groups in total. The van der Waals surface area contributed by atoms with Gasteiger partial charge in [0.15, 0.2) is 0 Å². The van der Waals surface area contributed by atoms with Crippen LogP contribution in [0.25, 0.3) is 0 Å². The third kappa shape index (κ3) is 5.26. The molecule has 2 aromatic carbocycles. The van der Waals surface area contributed by atoms with Crippen molar-refractivity contribution in [2.75, 3.05) is 18.5 Å². The Bertz CT molecular complexity index is 713. The summed E-state index contributed by atoms with van der Waals surface area (Å²) in [5.41, 5.74) is -0.182. The average Bonchev–Trinajstić information content (AvgIpc) is 2.48. The molecule has 0 aliphatic rings. The molecule has 0 fully saturated rings. The van der Waals surface area contributed by atoms with Crippen LogP contribution in [0.15, 0.2) is 36.4 Å². The van der Waals surface area contributed by atoms with Gasteiger partial charge >= 0.3 is 6.09 Å². The first kappa shape index (κ1) is 17.3. The van der Waals surface area contributed by atoms with Gasteiger partial charge in [0.05, 0.1) is 10.7 Å². The van der Waals surface area contributed by atoms with Gasteiger partial charge < -0.3 is 9.47 Å². The van der Waals surface area contributed by atoms with E-state index in [1.165, 1.54) is 6.07 Å². The summed E-state index contributed by atoms with van der Waals surface area (Å²) in [6, 6.07) is 7.47. The molecule has 0 bridgehead atoms. The zero-order chi connectivity index (χ0) is 16.8. The predicted octanol–water partition coefficient (Wildman–Crippen LogP) is 4.90. The Morgan fingerprint density at radius 1 is 1.09 bits per heavy atom. The van der Waals surface area contributed by atoms with Crippen molar-refractivity contribution in [1.82, 2.24) is 0 Å². The van der Waals surface area contributed by atoms with E-state index in [0.717, 1.165) is 12.1 Å². The first-order valence-corrected chi connectivity index (χ1v) is 7.18. The second kappa shape index (κ2) is 7.99. The fourth-order valence-corrected chi connectivity index (χ4v) is 2.08. The number of rotatable bonds is 5.